The molecule has 1 amide bonds. The summed E-state index contributed by atoms with van der Waals surface area (Å²) in [7, 11) is 0. The average molecular weight is 442 g/mol. The van der Waals surface area contributed by atoms with Gasteiger partial charge in [0.25, 0.3) is 11.5 Å². The maximum Gasteiger partial charge on any atom is 0.271 e. The molecule has 158 valence electrons. The molecule has 2 aromatic carbocycles. The number of allylic oxidation sites excluding steroid dienone is 1. The number of furan rings is 1. The molecule has 1 atom stereocenters. The van der Waals surface area contributed by atoms with Gasteiger partial charge in [0.05, 0.1) is 34.4 Å². The molecule has 32 heavy (non-hydrogen) atoms. The first-order chi connectivity index (χ1) is 15.6. The van der Waals surface area contributed by atoms with Crippen LogP contribution in [0.25, 0.3) is 6.08 Å². The summed E-state index contributed by atoms with van der Waals surface area (Å²) in [5.74, 6) is -0.282. The molecule has 4 aromatic rings. The SMILES string of the molecule is CC1=C(C(=O)Nc2ccccc2)C(c2ccccc2)n2c(s/c(=C/c3ccoc3)c2=O)=N1. The van der Waals surface area contributed by atoms with Crippen molar-refractivity contribution < 1.29 is 9.21 Å². The van der Waals surface area contributed by atoms with Gasteiger partial charge in [-0.3, -0.25) is 14.2 Å². The molecule has 0 aliphatic carbocycles. The molecular weight excluding hydrogens is 422 g/mol. The third-order valence-corrected chi connectivity index (χ3v) is 6.24. The minimum Gasteiger partial charge on any atom is -0.472 e. The predicted molar refractivity (Wildman–Crippen MR) is 124 cm³/mol. The highest BCUT2D eigenvalue weighted by Crippen LogP contribution is 2.30. The topological polar surface area (TPSA) is 76.6 Å². The molecule has 1 aliphatic heterocycles. The van der Waals surface area contributed by atoms with Crippen molar-refractivity contribution in [2.45, 2.75) is 13.0 Å². The number of carbonyl (C=O) groups excluding carboxylic acids is 1. The van der Waals surface area contributed by atoms with Gasteiger partial charge in [0.1, 0.15) is 0 Å². The first-order valence-corrected chi connectivity index (χ1v) is 10.9. The predicted octanol–water partition coefficient (Wildman–Crippen LogP) is 3.47. The van der Waals surface area contributed by atoms with E-state index in [4.69, 9.17) is 4.42 Å². The van der Waals surface area contributed by atoms with Crippen molar-refractivity contribution in [2.24, 2.45) is 4.99 Å². The van der Waals surface area contributed by atoms with E-state index in [0.29, 0.717) is 26.3 Å². The van der Waals surface area contributed by atoms with Crippen LogP contribution in [0.2, 0.25) is 0 Å². The van der Waals surface area contributed by atoms with Crippen molar-refractivity contribution in [2.75, 3.05) is 5.32 Å². The van der Waals surface area contributed by atoms with E-state index in [0.717, 1.165) is 11.1 Å². The van der Waals surface area contributed by atoms with Crippen molar-refractivity contribution in [1.82, 2.24) is 4.57 Å². The number of rotatable bonds is 4. The number of hydrogen-bond donors (Lipinski definition) is 1. The zero-order valence-corrected chi connectivity index (χ0v) is 18.0. The first-order valence-electron chi connectivity index (χ1n) is 10.1. The Kier molecular flexibility index (Phi) is 5.17. The second-order valence-electron chi connectivity index (χ2n) is 7.37. The van der Waals surface area contributed by atoms with Gasteiger partial charge >= 0.3 is 0 Å². The van der Waals surface area contributed by atoms with Gasteiger partial charge in [0.15, 0.2) is 4.80 Å². The van der Waals surface area contributed by atoms with Crippen molar-refractivity contribution in [3.05, 3.63) is 121 Å². The van der Waals surface area contributed by atoms with E-state index >= 15 is 0 Å². The van der Waals surface area contributed by atoms with Crippen molar-refractivity contribution in [3.63, 3.8) is 0 Å². The molecule has 5 rings (SSSR count). The number of amides is 1. The number of thiazole rings is 1. The number of carbonyl (C=O) groups is 1. The lowest BCUT2D eigenvalue weighted by atomic mass is 9.95. The minimum absolute atomic E-state index is 0.193. The van der Waals surface area contributed by atoms with Gasteiger partial charge in [-0.25, -0.2) is 4.99 Å². The number of anilines is 1. The smallest absolute Gasteiger partial charge is 0.271 e. The molecule has 1 N–H and O–H groups in total. The number of aromatic nitrogens is 1. The highest BCUT2D eigenvalue weighted by molar-refractivity contribution is 7.07. The van der Waals surface area contributed by atoms with Crippen molar-refractivity contribution in [3.8, 4) is 0 Å². The third kappa shape index (κ3) is 3.63. The van der Waals surface area contributed by atoms with Gasteiger partial charge in [-0.2, -0.15) is 0 Å². The monoisotopic (exact) mass is 441 g/mol. The first kappa shape index (κ1) is 20.0. The Hall–Kier alpha value is -3.97. The van der Waals surface area contributed by atoms with Crippen LogP contribution in [0, 0.1) is 0 Å². The van der Waals surface area contributed by atoms with Gasteiger partial charge < -0.3 is 9.73 Å². The normalized spacial score (nSPS) is 15.9. The van der Waals surface area contributed by atoms with Gasteiger partial charge in [-0.15, -0.1) is 0 Å². The van der Waals surface area contributed by atoms with Crippen LogP contribution in [0.3, 0.4) is 0 Å². The Morgan fingerprint density at radius 3 is 2.50 bits per heavy atom. The van der Waals surface area contributed by atoms with Crippen LogP contribution in [0.15, 0.2) is 105 Å². The molecule has 0 spiro atoms. The van der Waals surface area contributed by atoms with Crippen LogP contribution in [0.4, 0.5) is 5.69 Å². The summed E-state index contributed by atoms with van der Waals surface area (Å²) in [6.45, 7) is 1.81. The number of hydrogen-bond acceptors (Lipinski definition) is 5. The largest absolute Gasteiger partial charge is 0.472 e. The van der Waals surface area contributed by atoms with Gasteiger partial charge in [0.2, 0.25) is 0 Å². The van der Waals surface area contributed by atoms with E-state index in [-0.39, 0.29) is 11.5 Å². The maximum atomic E-state index is 13.5. The minimum atomic E-state index is -0.581. The highest BCUT2D eigenvalue weighted by Gasteiger charge is 2.32. The van der Waals surface area contributed by atoms with E-state index in [1.54, 1.807) is 29.2 Å². The quantitative estimate of drug-likeness (QED) is 0.527. The zero-order valence-electron chi connectivity index (χ0n) is 17.2. The molecular formula is C25H19N3O3S. The molecule has 7 heteroatoms. The molecule has 1 aliphatic rings. The lowest BCUT2D eigenvalue weighted by Crippen LogP contribution is -2.40. The summed E-state index contributed by atoms with van der Waals surface area (Å²) in [5.41, 5.74) is 3.16. The molecule has 6 nitrogen and oxygen atoms in total. The zero-order chi connectivity index (χ0) is 22.1. The van der Waals surface area contributed by atoms with E-state index < -0.39 is 6.04 Å². The summed E-state index contributed by atoms with van der Waals surface area (Å²) in [5, 5.41) is 2.95. The molecule has 2 aromatic heterocycles. The molecule has 0 fully saturated rings. The van der Waals surface area contributed by atoms with Crippen molar-refractivity contribution >= 4 is 29.0 Å². The van der Waals surface area contributed by atoms with Crippen LogP contribution in [-0.2, 0) is 4.79 Å². The second kappa shape index (κ2) is 8.28. The van der Waals surface area contributed by atoms with Crippen molar-refractivity contribution in [1.29, 1.82) is 0 Å². The number of fused-ring (bicyclic) bond motifs is 1. The van der Waals surface area contributed by atoms with Crippen LogP contribution >= 0.6 is 11.3 Å². The Bertz CT molecular complexity index is 1480. The average Bonchev–Trinajstić information content (AvgIpc) is 3.42. The van der Waals surface area contributed by atoms with E-state index in [2.05, 4.69) is 10.3 Å². The fourth-order valence-electron chi connectivity index (χ4n) is 3.79. The molecule has 0 saturated heterocycles. The number of nitrogens with one attached hydrogen (secondary N) is 1. The molecule has 0 saturated carbocycles. The Balaban J connectivity index is 1.68. The fraction of sp³-hybridized carbons (Fsp3) is 0.0800. The number of benzene rings is 2. The van der Waals surface area contributed by atoms with Gasteiger partial charge in [-0.1, -0.05) is 59.9 Å². The number of para-hydroxylation sites is 1. The van der Waals surface area contributed by atoms with Crippen LogP contribution in [0.1, 0.15) is 24.1 Å². The van der Waals surface area contributed by atoms with Crippen LogP contribution < -0.4 is 20.2 Å². The Morgan fingerprint density at radius 1 is 1.09 bits per heavy atom. The van der Waals surface area contributed by atoms with E-state index in [9.17, 15) is 9.59 Å². The number of nitrogens with zero attached hydrogens (tertiary/aromatic N) is 2. The Labute approximate surface area is 187 Å². The molecule has 1 unspecified atom stereocenters. The maximum absolute atomic E-state index is 13.5. The van der Waals surface area contributed by atoms with Crippen LogP contribution in [0.5, 0.6) is 0 Å². The van der Waals surface area contributed by atoms with Crippen LogP contribution in [-0.4, -0.2) is 10.5 Å². The molecule has 0 bridgehead atoms. The molecule has 3 heterocycles. The fourth-order valence-corrected chi connectivity index (χ4v) is 4.84. The highest BCUT2D eigenvalue weighted by atomic mass is 32.1. The summed E-state index contributed by atoms with van der Waals surface area (Å²) in [6.07, 6.45) is 4.92. The summed E-state index contributed by atoms with van der Waals surface area (Å²) in [4.78, 5) is 32.0. The lowest BCUT2D eigenvalue weighted by Gasteiger charge is -2.25. The summed E-state index contributed by atoms with van der Waals surface area (Å²) < 4.78 is 7.26. The second-order valence-corrected chi connectivity index (χ2v) is 8.38. The standard InChI is InChI=1S/C25H19N3O3S/c1-16-21(23(29)27-19-10-6-3-7-11-19)22(18-8-4-2-5-9-18)28-24(30)20(32-25(28)26-16)14-17-12-13-31-15-17/h2-15,22H,1H3,(H,27,29)/b20-14+. The van der Waals surface area contributed by atoms with E-state index in [1.165, 1.54) is 11.3 Å². The summed E-state index contributed by atoms with van der Waals surface area (Å²) in [6, 6.07) is 20.0. The van der Waals surface area contributed by atoms with Gasteiger partial charge in [-0.05, 0) is 36.8 Å². The molecule has 0 radical (unpaired) electrons. The Morgan fingerprint density at radius 2 is 1.81 bits per heavy atom. The lowest BCUT2D eigenvalue weighted by molar-refractivity contribution is -0.113. The third-order valence-electron chi connectivity index (χ3n) is 5.25. The summed E-state index contributed by atoms with van der Waals surface area (Å²) >= 11 is 1.30. The van der Waals surface area contributed by atoms with E-state index in [1.807, 2.05) is 67.6 Å². The van der Waals surface area contributed by atoms with Gasteiger partial charge in [0, 0.05) is 11.3 Å².